The van der Waals surface area contributed by atoms with Crippen LogP contribution < -0.4 is 11.2 Å². The van der Waals surface area contributed by atoms with E-state index < -0.39 is 11.9 Å². The predicted octanol–water partition coefficient (Wildman–Crippen LogP) is 0.00320. The Hall–Kier alpha value is -2.72. The number of hydrogen-bond donors (Lipinski definition) is 4. The van der Waals surface area contributed by atoms with Gasteiger partial charge in [0.2, 0.25) is 0 Å². The van der Waals surface area contributed by atoms with Gasteiger partial charge in [0.25, 0.3) is 5.91 Å². The molecule has 0 spiro atoms. The third-order valence-corrected chi connectivity index (χ3v) is 3.45. The van der Waals surface area contributed by atoms with Crippen LogP contribution in [-0.4, -0.2) is 64.0 Å². The summed E-state index contributed by atoms with van der Waals surface area (Å²) in [5.41, 5.74) is 7.91. The molecule has 0 unspecified atom stereocenters. The number of aromatic carboxylic acids is 1. The number of phenols is 1. The number of carbonyl (C=O) groups is 2. The molecule has 0 aromatic heterocycles. The van der Waals surface area contributed by atoms with Crippen LogP contribution in [0.15, 0.2) is 23.3 Å². The number of nitrogens with two attached hydrogens (primary N) is 1. The Labute approximate surface area is 142 Å². The zero-order valence-electron chi connectivity index (χ0n) is 12.6. The molecule has 2 rings (SSSR count). The first-order valence-corrected chi connectivity index (χ1v) is 7.38. The number of thiocarbonyl (C=S) groups is 1. The average molecular weight is 352 g/mol. The Morgan fingerprint density at radius 2 is 2.00 bits per heavy atom. The second kappa shape index (κ2) is 7.70. The zero-order chi connectivity index (χ0) is 17.7. The molecular formula is C14H16N4O5S. The van der Waals surface area contributed by atoms with Crippen molar-refractivity contribution in [1.82, 2.24) is 4.90 Å². The van der Waals surface area contributed by atoms with Crippen molar-refractivity contribution in [3.05, 3.63) is 23.8 Å². The molecule has 128 valence electrons. The molecule has 1 aliphatic rings. The highest BCUT2D eigenvalue weighted by Gasteiger charge is 2.24. The number of ether oxygens (including phenoxy) is 1. The van der Waals surface area contributed by atoms with E-state index in [-0.39, 0.29) is 27.7 Å². The van der Waals surface area contributed by atoms with Crippen molar-refractivity contribution in [2.24, 2.45) is 10.8 Å². The lowest BCUT2D eigenvalue weighted by Gasteiger charge is -2.26. The summed E-state index contributed by atoms with van der Waals surface area (Å²) in [4.78, 5) is 24.7. The van der Waals surface area contributed by atoms with Crippen LogP contribution in [0.1, 0.15) is 10.4 Å². The number of carbonyl (C=O) groups excluding carboxylic acids is 1. The number of morpholine rings is 1. The Morgan fingerprint density at radius 3 is 2.58 bits per heavy atom. The van der Waals surface area contributed by atoms with Gasteiger partial charge in [-0.15, -0.1) is 0 Å². The molecule has 10 heteroatoms. The van der Waals surface area contributed by atoms with Crippen LogP contribution in [0.25, 0.3) is 0 Å². The monoisotopic (exact) mass is 352 g/mol. The van der Waals surface area contributed by atoms with Gasteiger partial charge in [-0.25, -0.2) is 4.79 Å². The lowest BCUT2D eigenvalue weighted by Crippen LogP contribution is -2.47. The number of hydrogen-bond acceptors (Lipinski definition) is 7. The summed E-state index contributed by atoms with van der Waals surface area (Å²) in [5.74, 6) is -2.11. The third-order valence-electron chi connectivity index (χ3n) is 3.26. The van der Waals surface area contributed by atoms with Crippen LogP contribution in [0.4, 0.5) is 5.69 Å². The number of nitrogens with zero attached hydrogens (tertiary/aromatic N) is 2. The van der Waals surface area contributed by atoms with E-state index in [9.17, 15) is 14.7 Å². The lowest BCUT2D eigenvalue weighted by atomic mass is 10.2. The lowest BCUT2D eigenvalue weighted by molar-refractivity contribution is -0.127. The molecule has 1 heterocycles. The Kier molecular flexibility index (Phi) is 5.66. The number of anilines is 1. The first-order chi connectivity index (χ1) is 11.4. The van der Waals surface area contributed by atoms with Gasteiger partial charge in [0, 0.05) is 13.1 Å². The van der Waals surface area contributed by atoms with Gasteiger partial charge < -0.3 is 25.6 Å². The van der Waals surface area contributed by atoms with Crippen LogP contribution in [0, 0.1) is 0 Å². The normalized spacial score (nSPS) is 15.0. The van der Waals surface area contributed by atoms with E-state index in [1.807, 2.05) is 0 Å². The van der Waals surface area contributed by atoms with Gasteiger partial charge in [-0.05, 0) is 18.2 Å². The maximum atomic E-state index is 12.4. The minimum Gasteiger partial charge on any atom is -0.507 e. The molecule has 1 saturated heterocycles. The van der Waals surface area contributed by atoms with Gasteiger partial charge in [-0.1, -0.05) is 12.2 Å². The number of carboxylic acid groups (broad SMARTS) is 1. The Balaban J connectivity index is 2.19. The van der Waals surface area contributed by atoms with Gasteiger partial charge in [-0.3, -0.25) is 10.2 Å². The number of nitrogens with one attached hydrogen (secondary N) is 1. The molecule has 1 amide bonds. The summed E-state index contributed by atoms with van der Waals surface area (Å²) in [5, 5.41) is 22.3. The van der Waals surface area contributed by atoms with Gasteiger partial charge in [0.1, 0.15) is 16.3 Å². The molecule has 0 bridgehead atoms. The van der Waals surface area contributed by atoms with Crippen LogP contribution in [-0.2, 0) is 9.53 Å². The van der Waals surface area contributed by atoms with E-state index in [0.29, 0.717) is 26.3 Å². The van der Waals surface area contributed by atoms with Crippen molar-refractivity contribution in [2.45, 2.75) is 0 Å². The van der Waals surface area contributed by atoms with Crippen LogP contribution in [0.2, 0.25) is 0 Å². The molecule has 0 radical (unpaired) electrons. The standard InChI is InChI=1S/C14H16N4O5S/c15-12(24)11(13(20)18-3-5-23-6-4-18)17-16-8-1-2-10(19)9(7-8)14(21)22/h1-2,7,16,19H,3-6H2,(H2,15,24)(H,21,22)/b17-11+. The Morgan fingerprint density at radius 1 is 1.33 bits per heavy atom. The number of carboxylic acids is 1. The number of aromatic hydroxyl groups is 1. The number of benzene rings is 1. The third kappa shape index (κ3) is 4.18. The van der Waals surface area contributed by atoms with Crippen molar-refractivity contribution in [1.29, 1.82) is 0 Å². The van der Waals surface area contributed by atoms with Crippen LogP contribution in [0.3, 0.4) is 0 Å². The maximum absolute atomic E-state index is 12.4. The fourth-order valence-corrected chi connectivity index (χ4v) is 2.15. The largest absolute Gasteiger partial charge is 0.507 e. The second-order valence-electron chi connectivity index (χ2n) is 4.88. The number of rotatable bonds is 5. The van der Waals surface area contributed by atoms with Crippen molar-refractivity contribution >= 4 is 40.5 Å². The van der Waals surface area contributed by atoms with Crippen molar-refractivity contribution in [2.75, 3.05) is 31.7 Å². The molecule has 24 heavy (non-hydrogen) atoms. The zero-order valence-corrected chi connectivity index (χ0v) is 13.4. The molecule has 0 saturated carbocycles. The molecule has 0 aliphatic carbocycles. The highest BCUT2D eigenvalue weighted by Crippen LogP contribution is 2.21. The maximum Gasteiger partial charge on any atom is 0.339 e. The summed E-state index contributed by atoms with van der Waals surface area (Å²) in [6.45, 7) is 1.65. The van der Waals surface area contributed by atoms with Gasteiger partial charge in [0.05, 0.1) is 18.9 Å². The highest BCUT2D eigenvalue weighted by atomic mass is 32.1. The molecule has 9 nitrogen and oxygen atoms in total. The van der Waals surface area contributed by atoms with Gasteiger partial charge in [-0.2, -0.15) is 5.10 Å². The molecule has 5 N–H and O–H groups in total. The SMILES string of the molecule is NC(=S)/C(=N\Nc1ccc(O)c(C(=O)O)c1)C(=O)N1CCOCC1. The predicted molar refractivity (Wildman–Crippen MR) is 90.3 cm³/mol. The topological polar surface area (TPSA) is 137 Å². The minimum atomic E-state index is -1.29. The summed E-state index contributed by atoms with van der Waals surface area (Å²) in [6, 6.07) is 3.78. The fourth-order valence-electron chi connectivity index (χ4n) is 2.02. The summed E-state index contributed by atoms with van der Waals surface area (Å²) < 4.78 is 5.17. The van der Waals surface area contributed by atoms with E-state index in [4.69, 9.17) is 27.8 Å². The first-order valence-electron chi connectivity index (χ1n) is 6.97. The molecule has 1 fully saturated rings. The van der Waals surface area contributed by atoms with Crippen molar-refractivity contribution < 1.29 is 24.5 Å². The Bertz CT molecular complexity index is 700. The summed E-state index contributed by atoms with van der Waals surface area (Å²) in [7, 11) is 0. The summed E-state index contributed by atoms with van der Waals surface area (Å²) >= 11 is 4.86. The van der Waals surface area contributed by atoms with Gasteiger partial charge in [0.15, 0.2) is 5.71 Å². The van der Waals surface area contributed by atoms with E-state index in [0.717, 1.165) is 0 Å². The molecule has 0 atom stereocenters. The van der Waals surface area contributed by atoms with E-state index in [1.165, 1.54) is 23.1 Å². The first kappa shape index (κ1) is 17.6. The van der Waals surface area contributed by atoms with Crippen LogP contribution in [0.5, 0.6) is 5.75 Å². The van der Waals surface area contributed by atoms with E-state index >= 15 is 0 Å². The minimum absolute atomic E-state index is 0.142. The smallest absolute Gasteiger partial charge is 0.339 e. The van der Waals surface area contributed by atoms with E-state index in [1.54, 1.807) is 0 Å². The summed E-state index contributed by atoms with van der Waals surface area (Å²) in [6.07, 6.45) is 0. The quantitative estimate of drug-likeness (QED) is 0.251. The molecule has 1 aromatic rings. The van der Waals surface area contributed by atoms with Crippen LogP contribution >= 0.6 is 12.2 Å². The van der Waals surface area contributed by atoms with Crippen molar-refractivity contribution in [3.8, 4) is 5.75 Å². The van der Waals surface area contributed by atoms with Gasteiger partial charge >= 0.3 is 5.97 Å². The molecule has 1 aliphatic heterocycles. The average Bonchev–Trinajstić information content (AvgIpc) is 2.56. The van der Waals surface area contributed by atoms with Crippen molar-refractivity contribution in [3.63, 3.8) is 0 Å². The fraction of sp³-hybridized carbons (Fsp3) is 0.286. The molecular weight excluding hydrogens is 336 g/mol. The number of amides is 1. The van der Waals surface area contributed by atoms with E-state index in [2.05, 4.69) is 10.5 Å². The second-order valence-corrected chi connectivity index (χ2v) is 5.32. The number of hydrazone groups is 1. The highest BCUT2D eigenvalue weighted by molar-refractivity contribution is 7.82. The molecule has 1 aromatic carbocycles.